The number of nitriles is 1. The van der Waals surface area contributed by atoms with Crippen LogP contribution in [0.1, 0.15) is 30.7 Å². The van der Waals surface area contributed by atoms with E-state index in [1.54, 1.807) is 29.2 Å². The van der Waals surface area contributed by atoms with Crippen LogP contribution in [-0.4, -0.2) is 54.0 Å². The van der Waals surface area contributed by atoms with Crippen LogP contribution < -0.4 is 30.2 Å². The third-order valence-electron chi connectivity index (χ3n) is 6.87. The molecular formula is C28H26ClN7O5S2. The highest BCUT2D eigenvalue weighted by Gasteiger charge is 2.43. The smallest absolute Gasteiger partial charge is 0.235 e. The van der Waals surface area contributed by atoms with Gasteiger partial charge in [-0.05, 0) is 31.0 Å². The summed E-state index contributed by atoms with van der Waals surface area (Å²) in [6, 6.07) is 8.92. The number of nitrogens with two attached hydrogens (primary N) is 1. The maximum atomic E-state index is 13.5. The Labute approximate surface area is 260 Å². The first kappa shape index (κ1) is 30.1. The van der Waals surface area contributed by atoms with Crippen LogP contribution in [0.4, 0.5) is 10.9 Å². The second kappa shape index (κ2) is 12.9. The number of hydrogen-bond acceptors (Lipinski definition) is 13. The summed E-state index contributed by atoms with van der Waals surface area (Å²) in [6.45, 7) is 0. The molecule has 3 N–H and O–H groups in total. The number of nitrogens with one attached hydrogen (secondary N) is 1. The Kier molecular flexibility index (Phi) is 9.05. The summed E-state index contributed by atoms with van der Waals surface area (Å²) in [6.07, 6.45) is 2.91. The normalized spacial score (nSPS) is 16.5. The fourth-order valence-electron chi connectivity index (χ4n) is 5.07. The number of thioether (sulfide) groups is 1. The average molecular weight is 640 g/mol. The minimum absolute atomic E-state index is 0.0569. The number of Topliss-reactive ketones (excluding diaryl/α,β-unsaturated/α-hetero) is 1. The molecule has 0 spiro atoms. The molecule has 0 fully saturated rings. The van der Waals surface area contributed by atoms with Crippen molar-refractivity contribution in [3.63, 3.8) is 0 Å². The first-order valence-corrected chi connectivity index (χ1v) is 15.1. The number of benzene rings is 1. The summed E-state index contributed by atoms with van der Waals surface area (Å²) in [7, 11) is 4.48. The molecule has 3 heterocycles. The van der Waals surface area contributed by atoms with E-state index in [0.717, 1.165) is 0 Å². The molecule has 43 heavy (non-hydrogen) atoms. The summed E-state index contributed by atoms with van der Waals surface area (Å²) in [4.78, 5) is 31.7. The quantitative estimate of drug-likeness (QED) is 0.312. The number of hydrogen-bond donors (Lipinski definition) is 2. The number of aromatic nitrogens is 3. The number of allylic oxidation sites excluding steroid dienone is 3. The van der Waals surface area contributed by atoms with Gasteiger partial charge in [0, 0.05) is 29.5 Å². The highest BCUT2D eigenvalue weighted by molar-refractivity contribution is 8.01. The third kappa shape index (κ3) is 5.83. The van der Waals surface area contributed by atoms with Gasteiger partial charge in [-0.1, -0.05) is 40.8 Å². The maximum Gasteiger partial charge on any atom is 0.235 e. The van der Waals surface area contributed by atoms with Gasteiger partial charge in [0.2, 0.25) is 16.8 Å². The van der Waals surface area contributed by atoms with E-state index in [4.69, 9.17) is 31.5 Å². The first-order valence-electron chi connectivity index (χ1n) is 12.9. The molecule has 0 saturated carbocycles. The van der Waals surface area contributed by atoms with Gasteiger partial charge in [-0.25, -0.2) is 4.98 Å². The largest absolute Gasteiger partial charge is 0.493 e. The number of pyridine rings is 1. The van der Waals surface area contributed by atoms with Crippen LogP contribution in [0.5, 0.6) is 17.2 Å². The second-order valence-electron chi connectivity index (χ2n) is 9.29. The molecule has 15 heteroatoms. The van der Waals surface area contributed by atoms with Crippen molar-refractivity contribution in [3.05, 3.63) is 63.7 Å². The van der Waals surface area contributed by atoms with Gasteiger partial charge in [0.1, 0.15) is 11.6 Å². The highest BCUT2D eigenvalue weighted by atomic mass is 35.5. The predicted molar refractivity (Wildman–Crippen MR) is 163 cm³/mol. The van der Waals surface area contributed by atoms with Gasteiger partial charge in [0.25, 0.3) is 0 Å². The van der Waals surface area contributed by atoms with E-state index >= 15 is 0 Å². The van der Waals surface area contributed by atoms with Crippen LogP contribution in [-0.2, 0) is 9.59 Å². The summed E-state index contributed by atoms with van der Waals surface area (Å²) in [5, 5.41) is 22.5. The van der Waals surface area contributed by atoms with Crippen molar-refractivity contribution in [1.29, 1.82) is 5.26 Å². The Morgan fingerprint density at radius 3 is 2.65 bits per heavy atom. The molecule has 1 aliphatic heterocycles. The van der Waals surface area contributed by atoms with E-state index in [-0.39, 0.29) is 28.8 Å². The molecule has 0 radical (unpaired) electrons. The number of carbonyl (C=O) groups is 2. The van der Waals surface area contributed by atoms with Crippen molar-refractivity contribution in [3.8, 4) is 23.3 Å². The Bertz CT molecular complexity index is 1680. The van der Waals surface area contributed by atoms with Gasteiger partial charge in [-0.15, -0.1) is 10.2 Å². The molecule has 1 atom stereocenters. The number of carbonyl (C=O) groups excluding carboxylic acids is 2. The Balaban J connectivity index is 1.48. The Morgan fingerprint density at radius 2 is 1.98 bits per heavy atom. The lowest BCUT2D eigenvalue weighted by Crippen LogP contribution is -2.38. The zero-order valence-corrected chi connectivity index (χ0v) is 25.7. The van der Waals surface area contributed by atoms with Crippen LogP contribution in [0, 0.1) is 11.3 Å². The molecule has 0 bridgehead atoms. The van der Waals surface area contributed by atoms with Crippen LogP contribution in [0.15, 0.2) is 57.5 Å². The number of halogens is 1. The summed E-state index contributed by atoms with van der Waals surface area (Å²) in [5.41, 5.74) is 8.50. The SMILES string of the molecule is COc1ccc(C2C(C#N)=C(N)N(c3nnc(SCC(=O)Nc4ccc(Cl)cn4)s3)C3=C2C(=O)CCC3)c(OC)c1OC. The van der Waals surface area contributed by atoms with E-state index < -0.39 is 5.92 Å². The number of methoxy groups -OCH3 is 3. The molecular weight excluding hydrogens is 614 g/mol. The fourth-order valence-corrected chi connectivity index (χ4v) is 6.87. The minimum Gasteiger partial charge on any atom is -0.493 e. The van der Waals surface area contributed by atoms with Crippen LogP contribution in [0.25, 0.3) is 0 Å². The maximum absolute atomic E-state index is 13.5. The monoisotopic (exact) mass is 639 g/mol. The van der Waals surface area contributed by atoms with Crippen molar-refractivity contribution in [2.24, 2.45) is 5.73 Å². The average Bonchev–Trinajstić information content (AvgIpc) is 3.48. The zero-order valence-electron chi connectivity index (χ0n) is 23.3. The van der Waals surface area contributed by atoms with Gasteiger partial charge < -0.3 is 25.3 Å². The highest BCUT2D eigenvalue weighted by Crippen LogP contribution is 2.52. The third-order valence-corrected chi connectivity index (χ3v) is 9.13. The van der Waals surface area contributed by atoms with E-state index in [0.29, 0.717) is 73.7 Å². The van der Waals surface area contributed by atoms with Gasteiger partial charge in [0.05, 0.1) is 49.7 Å². The molecule has 1 unspecified atom stereocenters. The lowest BCUT2D eigenvalue weighted by atomic mass is 9.75. The molecule has 12 nitrogen and oxygen atoms in total. The van der Waals surface area contributed by atoms with Crippen molar-refractivity contribution in [2.45, 2.75) is 29.5 Å². The molecule has 1 amide bonds. The predicted octanol–water partition coefficient (Wildman–Crippen LogP) is 4.65. The van der Waals surface area contributed by atoms with Gasteiger partial charge in [0.15, 0.2) is 21.6 Å². The molecule has 5 rings (SSSR count). The molecule has 2 aromatic heterocycles. The molecule has 222 valence electrons. The van der Waals surface area contributed by atoms with Crippen LogP contribution >= 0.6 is 34.7 Å². The number of nitrogens with zero attached hydrogens (tertiary/aromatic N) is 5. The molecule has 0 saturated heterocycles. The lowest BCUT2D eigenvalue weighted by molar-refractivity contribution is -0.116. The number of anilines is 2. The van der Waals surface area contributed by atoms with Crippen LogP contribution in [0.3, 0.4) is 0 Å². The summed E-state index contributed by atoms with van der Waals surface area (Å²) in [5.74, 6) is 0.530. The Hall–Kier alpha value is -4.32. The van der Waals surface area contributed by atoms with E-state index in [9.17, 15) is 14.9 Å². The van der Waals surface area contributed by atoms with Crippen molar-refractivity contribution < 1.29 is 23.8 Å². The molecule has 1 aromatic carbocycles. The van der Waals surface area contributed by atoms with E-state index in [2.05, 4.69) is 26.6 Å². The topological polar surface area (TPSA) is 166 Å². The lowest BCUT2D eigenvalue weighted by Gasteiger charge is -2.38. The Morgan fingerprint density at radius 1 is 1.19 bits per heavy atom. The summed E-state index contributed by atoms with van der Waals surface area (Å²) < 4.78 is 17.2. The number of rotatable bonds is 9. The van der Waals surface area contributed by atoms with Crippen LogP contribution in [0.2, 0.25) is 5.02 Å². The number of amides is 1. The van der Waals surface area contributed by atoms with E-state index in [1.807, 2.05) is 0 Å². The molecule has 3 aromatic rings. The minimum atomic E-state index is -0.786. The van der Waals surface area contributed by atoms with Crippen molar-refractivity contribution in [2.75, 3.05) is 37.3 Å². The molecule has 2 aliphatic rings. The number of ketones is 1. The second-order valence-corrected chi connectivity index (χ2v) is 11.9. The number of ether oxygens (including phenoxy) is 3. The van der Waals surface area contributed by atoms with Gasteiger partial charge in [-0.3, -0.25) is 14.5 Å². The summed E-state index contributed by atoms with van der Waals surface area (Å²) >= 11 is 8.24. The zero-order chi connectivity index (χ0) is 30.7. The first-order chi connectivity index (χ1) is 20.8. The molecule has 1 aliphatic carbocycles. The standard InChI is InChI=1S/C28H26ClN7O5S2/c1-39-19-9-8-15(24(40-2)25(19)41-3)22-16(11-30)26(31)36(17-5-4-6-18(37)23(17)22)27-34-35-28(43-27)42-13-21(38)33-20-10-7-14(29)12-32-20/h7-10,12,22H,4-6,13,31H2,1-3H3,(H,32,33,38). The van der Waals surface area contributed by atoms with Gasteiger partial charge >= 0.3 is 0 Å². The van der Waals surface area contributed by atoms with E-state index in [1.165, 1.54) is 50.6 Å². The van der Waals surface area contributed by atoms with Gasteiger partial charge in [-0.2, -0.15) is 5.26 Å². The van der Waals surface area contributed by atoms with Crippen molar-refractivity contribution in [1.82, 2.24) is 15.2 Å². The van der Waals surface area contributed by atoms with Crippen molar-refractivity contribution >= 4 is 57.3 Å². The fraction of sp³-hybridized carbons (Fsp3) is 0.286.